The number of carbonyl (C=O) groups excluding carboxylic acids is 1. The van der Waals surface area contributed by atoms with Gasteiger partial charge in [0, 0.05) is 11.3 Å². The summed E-state index contributed by atoms with van der Waals surface area (Å²) in [6.07, 6.45) is 0. The van der Waals surface area contributed by atoms with E-state index in [4.69, 9.17) is 4.74 Å². The Hall–Kier alpha value is -2.36. The first-order chi connectivity index (χ1) is 9.24. The molecular formula is C15H12FNO2. The van der Waals surface area contributed by atoms with Crippen molar-refractivity contribution < 1.29 is 13.9 Å². The average Bonchev–Trinajstić information content (AvgIpc) is 2.59. The van der Waals surface area contributed by atoms with Crippen LogP contribution in [0.4, 0.5) is 10.1 Å². The van der Waals surface area contributed by atoms with Gasteiger partial charge in [-0.25, -0.2) is 4.39 Å². The molecule has 1 aliphatic heterocycles. The number of ether oxygens (including phenoxy) is 1. The lowest BCUT2D eigenvalue weighted by Gasteiger charge is -2.20. The van der Waals surface area contributed by atoms with Gasteiger partial charge in [0.25, 0.3) is 5.91 Å². The molecule has 1 heterocycles. The molecule has 0 aliphatic carbocycles. The summed E-state index contributed by atoms with van der Waals surface area (Å²) < 4.78 is 18.7. The summed E-state index contributed by atoms with van der Waals surface area (Å²) in [6, 6.07) is 13.5. The van der Waals surface area contributed by atoms with Gasteiger partial charge in [0.15, 0.2) is 6.61 Å². The minimum Gasteiger partial charge on any atom is -0.483 e. The van der Waals surface area contributed by atoms with E-state index in [1.54, 1.807) is 12.1 Å². The van der Waals surface area contributed by atoms with Crippen LogP contribution >= 0.6 is 0 Å². The van der Waals surface area contributed by atoms with Gasteiger partial charge in [-0.1, -0.05) is 24.3 Å². The molecule has 1 aliphatic rings. The molecular weight excluding hydrogens is 245 g/mol. The molecule has 3 nitrogen and oxygen atoms in total. The molecule has 0 saturated heterocycles. The number of carbonyl (C=O) groups is 1. The lowest BCUT2D eigenvalue weighted by Crippen LogP contribution is -2.32. The second kappa shape index (κ2) is 4.72. The van der Waals surface area contributed by atoms with E-state index in [1.807, 2.05) is 24.3 Å². The van der Waals surface area contributed by atoms with Gasteiger partial charge < -0.3 is 9.64 Å². The number of fused-ring (bicyclic) bond motifs is 1. The smallest absolute Gasteiger partial charge is 0.265 e. The fourth-order valence-electron chi connectivity index (χ4n) is 2.13. The molecule has 0 unspecified atom stereocenters. The number of benzene rings is 2. The third kappa shape index (κ3) is 2.29. The van der Waals surface area contributed by atoms with E-state index in [0.717, 1.165) is 5.56 Å². The van der Waals surface area contributed by atoms with Gasteiger partial charge in [0.05, 0.1) is 6.54 Å². The van der Waals surface area contributed by atoms with Crippen LogP contribution in [0.2, 0.25) is 0 Å². The zero-order valence-electron chi connectivity index (χ0n) is 10.2. The SMILES string of the molecule is O=C1COc2ccccc2CN1c1cccc(F)c1. The normalized spacial score (nSPS) is 14.6. The number of halogens is 1. The van der Waals surface area contributed by atoms with Crippen LogP contribution in [0.3, 0.4) is 0 Å². The molecule has 2 aromatic rings. The van der Waals surface area contributed by atoms with E-state index in [2.05, 4.69) is 0 Å². The van der Waals surface area contributed by atoms with E-state index in [0.29, 0.717) is 18.0 Å². The molecule has 1 amide bonds. The minimum atomic E-state index is -0.358. The van der Waals surface area contributed by atoms with E-state index < -0.39 is 0 Å². The Labute approximate surface area is 110 Å². The average molecular weight is 257 g/mol. The second-order valence-electron chi connectivity index (χ2n) is 4.36. The molecule has 3 rings (SSSR count). The maximum absolute atomic E-state index is 13.3. The molecule has 0 saturated carbocycles. The monoisotopic (exact) mass is 257 g/mol. The summed E-state index contributed by atoms with van der Waals surface area (Å²) in [5, 5.41) is 0. The van der Waals surface area contributed by atoms with Gasteiger partial charge in [0.1, 0.15) is 11.6 Å². The molecule has 0 aromatic heterocycles. The number of rotatable bonds is 1. The molecule has 0 spiro atoms. The molecule has 4 heteroatoms. The standard InChI is InChI=1S/C15H12FNO2/c16-12-5-3-6-13(8-12)17-9-11-4-1-2-7-14(11)19-10-15(17)18/h1-8H,9-10H2. The Morgan fingerprint density at radius 3 is 2.79 bits per heavy atom. The van der Waals surface area contributed by atoms with Crippen molar-refractivity contribution in [3.05, 3.63) is 59.9 Å². The van der Waals surface area contributed by atoms with Crippen molar-refractivity contribution in [2.24, 2.45) is 0 Å². The number of anilines is 1. The summed E-state index contributed by atoms with van der Waals surface area (Å²) in [5.74, 6) is 0.167. The number of amides is 1. The number of nitrogens with zero attached hydrogens (tertiary/aromatic N) is 1. The summed E-state index contributed by atoms with van der Waals surface area (Å²) in [5.41, 5.74) is 1.46. The largest absolute Gasteiger partial charge is 0.483 e. The lowest BCUT2D eigenvalue weighted by molar-refractivity contribution is -0.120. The minimum absolute atomic E-state index is 0.0342. The van der Waals surface area contributed by atoms with Gasteiger partial charge in [-0.15, -0.1) is 0 Å². The third-order valence-electron chi connectivity index (χ3n) is 3.07. The zero-order chi connectivity index (χ0) is 13.2. The molecule has 0 N–H and O–H groups in total. The molecule has 2 aromatic carbocycles. The van der Waals surface area contributed by atoms with Crippen LogP contribution in [0, 0.1) is 5.82 Å². The van der Waals surface area contributed by atoms with Gasteiger partial charge >= 0.3 is 0 Å². The van der Waals surface area contributed by atoms with Crippen LogP contribution in [0.5, 0.6) is 5.75 Å². The highest BCUT2D eigenvalue weighted by Gasteiger charge is 2.22. The van der Waals surface area contributed by atoms with Crippen molar-refractivity contribution in [2.75, 3.05) is 11.5 Å². The molecule has 0 fully saturated rings. The quantitative estimate of drug-likeness (QED) is 0.786. The van der Waals surface area contributed by atoms with Crippen LogP contribution in [0.25, 0.3) is 0 Å². The van der Waals surface area contributed by atoms with E-state index in [-0.39, 0.29) is 18.3 Å². The first kappa shape index (κ1) is 11.7. The molecule has 0 bridgehead atoms. The third-order valence-corrected chi connectivity index (χ3v) is 3.07. The van der Waals surface area contributed by atoms with Crippen LogP contribution in [-0.2, 0) is 11.3 Å². The summed E-state index contributed by atoms with van der Waals surface area (Å²) in [6.45, 7) is 0.353. The summed E-state index contributed by atoms with van der Waals surface area (Å²) in [4.78, 5) is 13.6. The van der Waals surface area contributed by atoms with Crippen molar-refractivity contribution >= 4 is 11.6 Å². The first-order valence-corrected chi connectivity index (χ1v) is 6.01. The molecule has 0 radical (unpaired) electrons. The van der Waals surface area contributed by atoms with Crippen molar-refractivity contribution in [2.45, 2.75) is 6.54 Å². The summed E-state index contributed by atoms with van der Waals surface area (Å²) >= 11 is 0. The van der Waals surface area contributed by atoms with Crippen LogP contribution in [0.1, 0.15) is 5.56 Å². The Bertz CT molecular complexity index is 627. The van der Waals surface area contributed by atoms with E-state index in [1.165, 1.54) is 17.0 Å². The van der Waals surface area contributed by atoms with Crippen molar-refractivity contribution in [1.29, 1.82) is 0 Å². The Morgan fingerprint density at radius 2 is 1.95 bits per heavy atom. The lowest BCUT2D eigenvalue weighted by atomic mass is 10.2. The van der Waals surface area contributed by atoms with Crippen molar-refractivity contribution in [1.82, 2.24) is 0 Å². The number of hydrogen-bond donors (Lipinski definition) is 0. The fourth-order valence-corrected chi connectivity index (χ4v) is 2.13. The molecule has 0 atom stereocenters. The van der Waals surface area contributed by atoms with Crippen LogP contribution < -0.4 is 9.64 Å². The van der Waals surface area contributed by atoms with Gasteiger partial charge in [-0.3, -0.25) is 4.79 Å². The maximum Gasteiger partial charge on any atom is 0.265 e. The molecule has 96 valence electrons. The highest BCUT2D eigenvalue weighted by Crippen LogP contribution is 2.26. The van der Waals surface area contributed by atoms with Crippen LogP contribution in [-0.4, -0.2) is 12.5 Å². The highest BCUT2D eigenvalue weighted by molar-refractivity contribution is 5.94. The van der Waals surface area contributed by atoms with Gasteiger partial charge in [-0.2, -0.15) is 0 Å². The zero-order valence-corrected chi connectivity index (χ0v) is 10.2. The number of hydrogen-bond acceptors (Lipinski definition) is 2. The number of para-hydroxylation sites is 1. The van der Waals surface area contributed by atoms with Gasteiger partial charge in [-0.05, 0) is 24.3 Å². The van der Waals surface area contributed by atoms with Crippen molar-refractivity contribution in [3.63, 3.8) is 0 Å². The Kier molecular flexibility index (Phi) is 2.91. The second-order valence-corrected chi connectivity index (χ2v) is 4.36. The first-order valence-electron chi connectivity index (χ1n) is 6.01. The van der Waals surface area contributed by atoms with Crippen LogP contribution in [0.15, 0.2) is 48.5 Å². The predicted molar refractivity (Wildman–Crippen MR) is 69.5 cm³/mol. The van der Waals surface area contributed by atoms with E-state index >= 15 is 0 Å². The predicted octanol–water partition coefficient (Wildman–Crippen LogP) is 2.75. The molecule has 19 heavy (non-hydrogen) atoms. The van der Waals surface area contributed by atoms with Gasteiger partial charge in [0.2, 0.25) is 0 Å². The topological polar surface area (TPSA) is 29.5 Å². The maximum atomic E-state index is 13.3. The Balaban J connectivity index is 1.99. The van der Waals surface area contributed by atoms with Crippen molar-refractivity contribution in [3.8, 4) is 5.75 Å². The fraction of sp³-hybridized carbons (Fsp3) is 0.133. The summed E-state index contributed by atoms with van der Waals surface area (Å²) in [7, 11) is 0. The van der Waals surface area contributed by atoms with E-state index in [9.17, 15) is 9.18 Å². The highest BCUT2D eigenvalue weighted by atomic mass is 19.1. The Morgan fingerprint density at radius 1 is 1.11 bits per heavy atom.